The summed E-state index contributed by atoms with van der Waals surface area (Å²) in [6.45, 7) is 4.33. The van der Waals surface area contributed by atoms with Crippen LogP contribution in [0.2, 0.25) is 0 Å². The number of nitrogen functional groups attached to an aromatic ring is 1. The highest BCUT2D eigenvalue weighted by Gasteiger charge is 2.44. The lowest BCUT2D eigenvalue weighted by Gasteiger charge is -2.41. The number of nitrogens with two attached hydrogens (primary N) is 1. The fraction of sp³-hybridized carbons (Fsp3) is 0.571. The van der Waals surface area contributed by atoms with Gasteiger partial charge in [-0.25, -0.2) is 4.98 Å². The van der Waals surface area contributed by atoms with E-state index >= 15 is 0 Å². The molecule has 2 rings (SSSR count). The number of nitrogens with one attached hydrogen (secondary N) is 1. The van der Waals surface area contributed by atoms with Crippen molar-refractivity contribution in [1.29, 1.82) is 0 Å². The fourth-order valence-electron chi connectivity index (χ4n) is 2.65. The molecule has 0 bridgehead atoms. The molecule has 4 heteroatoms. The second kappa shape index (κ2) is 4.96. The molecule has 0 unspecified atom stereocenters. The molecular weight excluding hydrogens is 226 g/mol. The Morgan fingerprint density at radius 2 is 2.22 bits per heavy atom. The van der Waals surface area contributed by atoms with E-state index < -0.39 is 0 Å². The topological polar surface area (TPSA) is 68.0 Å². The van der Waals surface area contributed by atoms with E-state index in [1.807, 2.05) is 0 Å². The molecule has 0 saturated heterocycles. The van der Waals surface area contributed by atoms with Crippen LogP contribution in [0.15, 0.2) is 18.3 Å². The molecule has 1 heterocycles. The van der Waals surface area contributed by atoms with Crippen LogP contribution in [0.25, 0.3) is 0 Å². The van der Waals surface area contributed by atoms with Crippen molar-refractivity contribution >= 4 is 17.4 Å². The van der Waals surface area contributed by atoms with Crippen LogP contribution in [-0.2, 0) is 4.79 Å². The third kappa shape index (κ3) is 2.63. The molecule has 1 aliphatic carbocycles. The van der Waals surface area contributed by atoms with Crippen LogP contribution < -0.4 is 11.1 Å². The van der Waals surface area contributed by atoms with Crippen molar-refractivity contribution < 1.29 is 4.79 Å². The third-order valence-corrected chi connectivity index (χ3v) is 3.64. The number of hydrogen-bond donors (Lipinski definition) is 2. The average Bonchev–Trinajstić information content (AvgIpc) is 2.26. The van der Waals surface area contributed by atoms with Crippen molar-refractivity contribution in [3.63, 3.8) is 0 Å². The molecule has 1 aliphatic rings. The molecule has 0 aliphatic heterocycles. The first-order chi connectivity index (χ1) is 8.52. The lowest BCUT2D eigenvalue weighted by molar-refractivity contribution is -0.131. The third-order valence-electron chi connectivity index (χ3n) is 3.64. The van der Waals surface area contributed by atoms with Gasteiger partial charge in [0.1, 0.15) is 5.82 Å². The van der Waals surface area contributed by atoms with E-state index in [1.54, 1.807) is 18.3 Å². The summed E-state index contributed by atoms with van der Waals surface area (Å²) in [6.07, 6.45) is 5.72. The van der Waals surface area contributed by atoms with E-state index in [-0.39, 0.29) is 11.3 Å². The van der Waals surface area contributed by atoms with Gasteiger partial charge in [0.25, 0.3) is 0 Å². The zero-order chi connectivity index (χ0) is 13.2. The van der Waals surface area contributed by atoms with Crippen molar-refractivity contribution in [3.05, 3.63) is 18.3 Å². The molecule has 1 fully saturated rings. The van der Waals surface area contributed by atoms with Gasteiger partial charge in [0.05, 0.1) is 11.9 Å². The molecule has 98 valence electrons. The van der Waals surface area contributed by atoms with Crippen molar-refractivity contribution in [3.8, 4) is 0 Å². The quantitative estimate of drug-likeness (QED) is 0.859. The number of aromatic nitrogens is 1. The van der Waals surface area contributed by atoms with Gasteiger partial charge in [0.2, 0.25) is 5.91 Å². The first kappa shape index (κ1) is 12.9. The normalized spacial score (nSPS) is 17.3. The maximum atomic E-state index is 12.4. The minimum Gasteiger partial charge on any atom is -0.384 e. The molecule has 1 amide bonds. The van der Waals surface area contributed by atoms with Crippen molar-refractivity contribution in [2.45, 2.75) is 39.5 Å². The van der Waals surface area contributed by atoms with E-state index in [1.165, 1.54) is 0 Å². The van der Waals surface area contributed by atoms with Gasteiger partial charge in [0, 0.05) is 5.41 Å². The van der Waals surface area contributed by atoms with E-state index in [9.17, 15) is 4.79 Å². The highest BCUT2D eigenvalue weighted by atomic mass is 16.2. The van der Waals surface area contributed by atoms with Gasteiger partial charge in [-0.3, -0.25) is 4.79 Å². The average molecular weight is 247 g/mol. The summed E-state index contributed by atoms with van der Waals surface area (Å²) < 4.78 is 0. The van der Waals surface area contributed by atoms with Crippen molar-refractivity contribution in [1.82, 2.24) is 4.98 Å². The Balaban J connectivity index is 2.04. The predicted molar refractivity (Wildman–Crippen MR) is 73.0 cm³/mol. The minimum atomic E-state index is -0.157. The van der Waals surface area contributed by atoms with Crippen molar-refractivity contribution in [2.24, 2.45) is 11.3 Å². The van der Waals surface area contributed by atoms with Gasteiger partial charge < -0.3 is 11.1 Å². The van der Waals surface area contributed by atoms with Gasteiger partial charge in [-0.2, -0.15) is 0 Å². The summed E-state index contributed by atoms with van der Waals surface area (Å²) in [6, 6.07) is 3.49. The van der Waals surface area contributed by atoms with Crippen LogP contribution in [-0.4, -0.2) is 10.9 Å². The number of rotatable bonds is 4. The Morgan fingerprint density at radius 1 is 1.50 bits per heavy atom. The molecule has 18 heavy (non-hydrogen) atoms. The van der Waals surface area contributed by atoms with Crippen LogP contribution in [0.1, 0.15) is 39.5 Å². The zero-order valence-electron chi connectivity index (χ0n) is 11.1. The van der Waals surface area contributed by atoms with Crippen LogP contribution >= 0.6 is 0 Å². The maximum absolute atomic E-state index is 12.4. The molecule has 3 N–H and O–H groups in total. The fourth-order valence-corrected chi connectivity index (χ4v) is 2.65. The highest BCUT2D eigenvalue weighted by Crippen LogP contribution is 2.46. The Bertz CT molecular complexity index is 421. The number of nitrogens with zero attached hydrogens (tertiary/aromatic N) is 1. The van der Waals surface area contributed by atoms with E-state index in [0.29, 0.717) is 11.7 Å². The molecule has 0 radical (unpaired) electrons. The molecular formula is C14H21N3O. The molecule has 0 spiro atoms. The number of amides is 1. The summed E-state index contributed by atoms with van der Waals surface area (Å²) in [5.41, 5.74) is 6.09. The molecule has 1 saturated carbocycles. The zero-order valence-corrected chi connectivity index (χ0v) is 11.1. The Labute approximate surface area is 108 Å². The second-order valence-corrected chi connectivity index (χ2v) is 5.66. The number of pyridine rings is 1. The Morgan fingerprint density at radius 3 is 2.67 bits per heavy atom. The monoisotopic (exact) mass is 247 g/mol. The maximum Gasteiger partial charge on any atom is 0.230 e. The SMILES string of the molecule is CC(C)CC1(C(=O)Nc2ccc(N)nc2)CCC1. The molecule has 1 aromatic heterocycles. The smallest absolute Gasteiger partial charge is 0.230 e. The summed E-state index contributed by atoms with van der Waals surface area (Å²) in [5.74, 6) is 1.14. The van der Waals surface area contributed by atoms with E-state index in [4.69, 9.17) is 5.73 Å². The van der Waals surface area contributed by atoms with E-state index in [2.05, 4.69) is 24.1 Å². The Kier molecular flexibility index (Phi) is 3.55. The summed E-state index contributed by atoms with van der Waals surface area (Å²) in [5, 5.41) is 2.96. The van der Waals surface area contributed by atoms with Crippen molar-refractivity contribution in [2.75, 3.05) is 11.1 Å². The second-order valence-electron chi connectivity index (χ2n) is 5.66. The van der Waals surface area contributed by atoms with Gasteiger partial charge in [-0.15, -0.1) is 0 Å². The number of anilines is 2. The first-order valence-corrected chi connectivity index (χ1v) is 6.55. The molecule has 0 aromatic carbocycles. The Hall–Kier alpha value is -1.58. The molecule has 1 aromatic rings. The predicted octanol–water partition coefficient (Wildman–Crippen LogP) is 2.82. The lowest BCUT2D eigenvalue weighted by atomic mass is 9.64. The lowest BCUT2D eigenvalue weighted by Crippen LogP contribution is -2.43. The number of carbonyl (C=O) groups is 1. The molecule has 0 atom stereocenters. The van der Waals surface area contributed by atoms with Gasteiger partial charge in [0.15, 0.2) is 0 Å². The summed E-state index contributed by atoms with van der Waals surface area (Å²) in [7, 11) is 0. The van der Waals surface area contributed by atoms with Crippen LogP contribution in [0.5, 0.6) is 0 Å². The highest BCUT2D eigenvalue weighted by molar-refractivity contribution is 5.95. The van der Waals surface area contributed by atoms with Crippen LogP contribution in [0.3, 0.4) is 0 Å². The number of hydrogen-bond acceptors (Lipinski definition) is 3. The summed E-state index contributed by atoms with van der Waals surface area (Å²) >= 11 is 0. The minimum absolute atomic E-state index is 0.133. The van der Waals surface area contributed by atoms with Gasteiger partial charge in [-0.05, 0) is 37.3 Å². The van der Waals surface area contributed by atoms with E-state index in [0.717, 1.165) is 31.4 Å². The van der Waals surface area contributed by atoms with Crippen LogP contribution in [0.4, 0.5) is 11.5 Å². The largest absolute Gasteiger partial charge is 0.384 e. The standard InChI is InChI=1S/C14H21N3O/c1-10(2)8-14(6-3-7-14)13(18)17-11-4-5-12(15)16-9-11/h4-5,9-10H,3,6-8H2,1-2H3,(H2,15,16)(H,17,18). The van der Waals surface area contributed by atoms with Gasteiger partial charge in [-0.1, -0.05) is 20.3 Å². The first-order valence-electron chi connectivity index (χ1n) is 6.55. The number of carbonyl (C=O) groups excluding carboxylic acids is 1. The van der Waals surface area contributed by atoms with Gasteiger partial charge >= 0.3 is 0 Å². The summed E-state index contributed by atoms with van der Waals surface area (Å²) in [4.78, 5) is 16.3. The van der Waals surface area contributed by atoms with Crippen LogP contribution in [0, 0.1) is 11.3 Å². The molecule has 4 nitrogen and oxygen atoms in total.